The van der Waals surface area contributed by atoms with Crippen molar-refractivity contribution < 1.29 is 28.6 Å². The van der Waals surface area contributed by atoms with Crippen molar-refractivity contribution in [2.75, 3.05) is 19.2 Å². The lowest BCUT2D eigenvalue weighted by Crippen LogP contribution is -2.31. The number of fused-ring (bicyclic) bond motifs is 2. The molecule has 0 radical (unpaired) electrons. The largest absolute Gasteiger partial charge is 0.454 e. The van der Waals surface area contributed by atoms with Gasteiger partial charge in [0.05, 0.1) is 19.1 Å². The fraction of sp³-hybridized carbons (Fsp3) is 0.350. The molecular weight excluding hydrogens is 396 g/mol. The molecule has 4 rings (SSSR count). The second kappa shape index (κ2) is 8.12. The SMILES string of the molecule is COC(=O)NC(=O)c1c(NC(=O)Cc2ccc3c(c2)OCO3)sc2c1CCCC2. The van der Waals surface area contributed by atoms with Crippen LogP contribution in [-0.2, 0) is 28.8 Å². The molecule has 0 unspecified atom stereocenters. The Morgan fingerprint density at radius 2 is 1.93 bits per heavy atom. The zero-order valence-electron chi connectivity index (χ0n) is 15.8. The summed E-state index contributed by atoms with van der Waals surface area (Å²) in [5.41, 5.74) is 2.03. The number of carbonyl (C=O) groups excluding carboxylic acids is 3. The average molecular weight is 416 g/mol. The summed E-state index contributed by atoms with van der Waals surface area (Å²) in [5, 5.41) is 5.51. The van der Waals surface area contributed by atoms with Crippen LogP contribution in [0.4, 0.5) is 9.80 Å². The number of ether oxygens (including phenoxy) is 3. The Bertz CT molecular complexity index is 984. The van der Waals surface area contributed by atoms with E-state index in [-0.39, 0.29) is 19.1 Å². The molecule has 1 aromatic heterocycles. The number of aryl methyl sites for hydroxylation is 1. The molecule has 1 aliphatic carbocycles. The van der Waals surface area contributed by atoms with Crippen LogP contribution in [0.1, 0.15) is 39.2 Å². The molecule has 0 saturated carbocycles. The predicted octanol–water partition coefficient (Wildman–Crippen LogP) is 3.03. The molecule has 0 bridgehead atoms. The van der Waals surface area contributed by atoms with Crippen LogP contribution in [0.25, 0.3) is 0 Å². The third-order valence-electron chi connectivity index (χ3n) is 4.85. The molecule has 2 aromatic rings. The summed E-state index contributed by atoms with van der Waals surface area (Å²) >= 11 is 1.39. The van der Waals surface area contributed by atoms with Crippen molar-refractivity contribution in [1.82, 2.24) is 5.32 Å². The van der Waals surface area contributed by atoms with Gasteiger partial charge in [0.1, 0.15) is 5.00 Å². The van der Waals surface area contributed by atoms with Gasteiger partial charge in [-0.3, -0.25) is 14.9 Å². The van der Waals surface area contributed by atoms with Gasteiger partial charge in [-0.25, -0.2) is 4.79 Å². The number of imide groups is 1. The molecule has 0 spiro atoms. The molecule has 0 fully saturated rings. The number of amides is 3. The number of methoxy groups -OCH3 is 1. The van der Waals surface area contributed by atoms with E-state index in [0.717, 1.165) is 41.7 Å². The van der Waals surface area contributed by atoms with Gasteiger partial charge in [-0.05, 0) is 48.9 Å². The summed E-state index contributed by atoms with van der Waals surface area (Å²) in [6.45, 7) is 0.171. The zero-order valence-corrected chi connectivity index (χ0v) is 16.6. The second-order valence-corrected chi connectivity index (χ2v) is 7.88. The van der Waals surface area contributed by atoms with Gasteiger partial charge in [-0.1, -0.05) is 6.07 Å². The molecule has 2 heterocycles. The molecule has 9 heteroatoms. The highest BCUT2D eigenvalue weighted by molar-refractivity contribution is 7.17. The number of benzene rings is 1. The topological polar surface area (TPSA) is 103 Å². The van der Waals surface area contributed by atoms with Crippen molar-refractivity contribution in [3.8, 4) is 11.5 Å². The first-order chi connectivity index (χ1) is 14.0. The van der Waals surface area contributed by atoms with E-state index >= 15 is 0 Å². The van der Waals surface area contributed by atoms with Gasteiger partial charge >= 0.3 is 6.09 Å². The molecule has 2 N–H and O–H groups in total. The van der Waals surface area contributed by atoms with Crippen molar-refractivity contribution in [2.24, 2.45) is 0 Å². The number of anilines is 1. The molecule has 8 nitrogen and oxygen atoms in total. The molecule has 0 saturated heterocycles. The minimum absolute atomic E-state index is 0.122. The van der Waals surface area contributed by atoms with E-state index in [1.54, 1.807) is 18.2 Å². The Kier molecular flexibility index (Phi) is 5.39. The standard InChI is InChI=1S/C20H20N2O6S/c1-26-20(25)22-18(24)17-12-4-2-3-5-15(12)29-19(17)21-16(23)9-11-6-7-13-14(8-11)28-10-27-13/h6-8H,2-5,9-10H2,1H3,(H,21,23)(H,22,24,25). The van der Waals surface area contributed by atoms with E-state index in [0.29, 0.717) is 22.1 Å². The predicted molar refractivity (Wildman–Crippen MR) is 106 cm³/mol. The molecule has 3 amide bonds. The van der Waals surface area contributed by atoms with Crippen molar-refractivity contribution >= 4 is 34.2 Å². The Hall–Kier alpha value is -3.07. The minimum Gasteiger partial charge on any atom is -0.454 e. The maximum Gasteiger partial charge on any atom is 0.413 e. The summed E-state index contributed by atoms with van der Waals surface area (Å²) in [6.07, 6.45) is 2.90. The summed E-state index contributed by atoms with van der Waals surface area (Å²) in [7, 11) is 1.19. The lowest BCUT2D eigenvalue weighted by atomic mass is 9.95. The fourth-order valence-electron chi connectivity index (χ4n) is 3.51. The van der Waals surface area contributed by atoms with Crippen LogP contribution in [0.2, 0.25) is 0 Å². The van der Waals surface area contributed by atoms with Gasteiger partial charge in [0.25, 0.3) is 5.91 Å². The van der Waals surface area contributed by atoms with Gasteiger partial charge in [-0.15, -0.1) is 11.3 Å². The molecule has 0 atom stereocenters. The van der Waals surface area contributed by atoms with Crippen LogP contribution >= 0.6 is 11.3 Å². The summed E-state index contributed by atoms with van der Waals surface area (Å²) in [4.78, 5) is 37.9. The normalized spacial score (nSPS) is 14.1. The Morgan fingerprint density at radius 3 is 2.76 bits per heavy atom. The maximum absolute atomic E-state index is 12.6. The maximum atomic E-state index is 12.6. The number of rotatable bonds is 4. The van der Waals surface area contributed by atoms with E-state index in [1.807, 2.05) is 0 Å². The first kappa shape index (κ1) is 19.3. The van der Waals surface area contributed by atoms with Gasteiger partial charge in [0.2, 0.25) is 12.7 Å². The van der Waals surface area contributed by atoms with E-state index in [1.165, 1.54) is 18.4 Å². The lowest BCUT2D eigenvalue weighted by molar-refractivity contribution is -0.115. The third-order valence-corrected chi connectivity index (χ3v) is 6.06. The van der Waals surface area contributed by atoms with Crippen molar-refractivity contribution in [2.45, 2.75) is 32.1 Å². The van der Waals surface area contributed by atoms with Gasteiger partial charge in [0.15, 0.2) is 11.5 Å². The minimum atomic E-state index is -0.830. The van der Waals surface area contributed by atoms with Crippen molar-refractivity contribution in [1.29, 1.82) is 0 Å². The molecule has 1 aliphatic heterocycles. The summed E-state index contributed by atoms with van der Waals surface area (Å²) in [6, 6.07) is 5.34. The first-order valence-corrected chi connectivity index (χ1v) is 10.1. The molecule has 1 aromatic carbocycles. The number of carbonyl (C=O) groups is 3. The number of hydrogen-bond acceptors (Lipinski definition) is 7. The summed E-state index contributed by atoms with van der Waals surface area (Å²) < 4.78 is 15.1. The van der Waals surface area contributed by atoms with Crippen LogP contribution in [0.5, 0.6) is 11.5 Å². The van der Waals surface area contributed by atoms with Gasteiger partial charge in [-0.2, -0.15) is 0 Å². The average Bonchev–Trinajstić information content (AvgIpc) is 3.31. The highest BCUT2D eigenvalue weighted by Gasteiger charge is 2.27. The first-order valence-electron chi connectivity index (χ1n) is 9.27. The highest BCUT2D eigenvalue weighted by atomic mass is 32.1. The number of thiophene rings is 1. The van der Waals surface area contributed by atoms with E-state index in [4.69, 9.17) is 9.47 Å². The van der Waals surface area contributed by atoms with Crippen LogP contribution < -0.4 is 20.1 Å². The van der Waals surface area contributed by atoms with Crippen molar-refractivity contribution in [3.05, 3.63) is 39.8 Å². The molecule has 2 aliphatic rings. The van der Waals surface area contributed by atoms with E-state index in [9.17, 15) is 14.4 Å². The van der Waals surface area contributed by atoms with E-state index < -0.39 is 12.0 Å². The molecule has 152 valence electrons. The highest BCUT2D eigenvalue weighted by Crippen LogP contribution is 2.38. The quantitative estimate of drug-likeness (QED) is 0.794. The van der Waals surface area contributed by atoms with Crippen LogP contribution in [0, 0.1) is 0 Å². The third kappa shape index (κ3) is 4.04. The monoisotopic (exact) mass is 416 g/mol. The van der Waals surface area contributed by atoms with Crippen LogP contribution in [0.15, 0.2) is 18.2 Å². The number of hydrogen-bond donors (Lipinski definition) is 2. The molecule has 29 heavy (non-hydrogen) atoms. The van der Waals surface area contributed by atoms with Gasteiger partial charge in [0, 0.05) is 4.88 Å². The van der Waals surface area contributed by atoms with E-state index in [2.05, 4.69) is 15.4 Å². The Balaban J connectivity index is 1.54. The fourth-order valence-corrected chi connectivity index (χ4v) is 4.81. The number of nitrogens with one attached hydrogen (secondary N) is 2. The molecular formula is C20H20N2O6S. The van der Waals surface area contributed by atoms with Crippen LogP contribution in [-0.4, -0.2) is 31.8 Å². The number of alkyl carbamates (subject to hydrolysis) is 1. The van der Waals surface area contributed by atoms with Crippen molar-refractivity contribution in [3.63, 3.8) is 0 Å². The van der Waals surface area contributed by atoms with Crippen LogP contribution in [0.3, 0.4) is 0 Å². The Morgan fingerprint density at radius 1 is 1.14 bits per heavy atom. The zero-order chi connectivity index (χ0) is 20.4. The van der Waals surface area contributed by atoms with Gasteiger partial charge < -0.3 is 19.5 Å². The Labute approximate surface area is 171 Å². The lowest BCUT2D eigenvalue weighted by Gasteiger charge is -2.12. The smallest absolute Gasteiger partial charge is 0.413 e. The summed E-state index contributed by atoms with van der Waals surface area (Å²) in [5.74, 6) is 0.450. The second-order valence-electron chi connectivity index (χ2n) is 6.77.